The number of aromatic carboxylic acids is 1. The second-order valence-corrected chi connectivity index (χ2v) is 3.98. The van der Waals surface area contributed by atoms with E-state index in [2.05, 4.69) is 4.98 Å². The third-order valence-corrected chi connectivity index (χ3v) is 2.66. The summed E-state index contributed by atoms with van der Waals surface area (Å²) in [6.07, 6.45) is 1.54. The van der Waals surface area contributed by atoms with Gasteiger partial charge in [-0.2, -0.15) is 0 Å². The molecule has 0 atom stereocenters. The minimum atomic E-state index is -1.11. The van der Waals surface area contributed by atoms with Crippen molar-refractivity contribution in [1.29, 1.82) is 0 Å². The smallest absolute Gasteiger partial charge is 0.339 e. The van der Waals surface area contributed by atoms with Crippen LogP contribution < -0.4 is 14.2 Å². The summed E-state index contributed by atoms with van der Waals surface area (Å²) in [6.45, 7) is 2.28. The number of hydrogen-bond donors (Lipinski definition) is 1. The molecule has 0 unspecified atom stereocenters. The number of para-hydroxylation sites is 1. The predicted molar refractivity (Wildman–Crippen MR) is 75.4 cm³/mol. The van der Waals surface area contributed by atoms with E-state index in [1.54, 1.807) is 24.3 Å². The number of rotatable bonds is 6. The summed E-state index contributed by atoms with van der Waals surface area (Å²) >= 11 is 0. The molecule has 6 nitrogen and oxygen atoms in total. The first-order valence-corrected chi connectivity index (χ1v) is 6.33. The van der Waals surface area contributed by atoms with E-state index < -0.39 is 5.97 Å². The lowest BCUT2D eigenvalue weighted by Crippen LogP contribution is -2.03. The molecule has 2 aromatic rings. The highest BCUT2D eigenvalue weighted by Crippen LogP contribution is 2.37. The third kappa shape index (κ3) is 3.22. The molecule has 2 rings (SSSR count). The molecule has 0 aliphatic heterocycles. The van der Waals surface area contributed by atoms with Gasteiger partial charge in [0.2, 0.25) is 0 Å². The summed E-state index contributed by atoms with van der Waals surface area (Å²) < 4.78 is 16.2. The first-order chi connectivity index (χ1) is 10.2. The number of carbonyl (C=O) groups is 1. The molecule has 0 saturated heterocycles. The first-order valence-electron chi connectivity index (χ1n) is 6.33. The Kier molecular flexibility index (Phi) is 4.61. The van der Waals surface area contributed by atoms with Gasteiger partial charge < -0.3 is 19.3 Å². The molecule has 0 amide bonds. The number of pyridine rings is 1. The molecule has 0 radical (unpaired) electrons. The third-order valence-electron chi connectivity index (χ3n) is 2.66. The van der Waals surface area contributed by atoms with Crippen LogP contribution >= 0.6 is 0 Å². The topological polar surface area (TPSA) is 77.9 Å². The van der Waals surface area contributed by atoms with E-state index in [4.69, 9.17) is 14.2 Å². The quantitative estimate of drug-likeness (QED) is 0.880. The Bertz CT molecular complexity index is 642. The van der Waals surface area contributed by atoms with Crippen LogP contribution in [0.1, 0.15) is 17.3 Å². The van der Waals surface area contributed by atoms with Crippen LogP contribution in [0.3, 0.4) is 0 Å². The van der Waals surface area contributed by atoms with Gasteiger partial charge in [0.05, 0.1) is 13.7 Å². The molecule has 1 aromatic heterocycles. The number of carboxylic acid groups (broad SMARTS) is 1. The lowest BCUT2D eigenvalue weighted by molar-refractivity contribution is 0.0693. The van der Waals surface area contributed by atoms with Crippen LogP contribution in [0.25, 0.3) is 0 Å². The summed E-state index contributed by atoms with van der Waals surface area (Å²) in [6, 6.07) is 8.03. The van der Waals surface area contributed by atoms with E-state index in [9.17, 15) is 9.90 Å². The Morgan fingerprint density at radius 1 is 1.24 bits per heavy atom. The lowest BCUT2D eigenvalue weighted by Gasteiger charge is -2.14. The average Bonchev–Trinajstić information content (AvgIpc) is 2.49. The molecule has 0 spiro atoms. The van der Waals surface area contributed by atoms with E-state index in [1.807, 2.05) is 6.92 Å². The highest BCUT2D eigenvalue weighted by Gasteiger charge is 2.19. The van der Waals surface area contributed by atoms with Crippen molar-refractivity contribution in [3.05, 3.63) is 42.1 Å². The van der Waals surface area contributed by atoms with Gasteiger partial charge in [-0.3, -0.25) is 0 Å². The van der Waals surface area contributed by atoms with E-state index in [0.717, 1.165) is 0 Å². The molecule has 0 aliphatic rings. The number of ether oxygens (including phenoxy) is 3. The van der Waals surface area contributed by atoms with Gasteiger partial charge in [-0.15, -0.1) is 0 Å². The van der Waals surface area contributed by atoms with Crippen LogP contribution in [-0.4, -0.2) is 29.8 Å². The number of methoxy groups -OCH3 is 1. The maximum Gasteiger partial charge on any atom is 0.339 e. The molecule has 1 aromatic carbocycles. The van der Waals surface area contributed by atoms with Gasteiger partial charge in [0.25, 0.3) is 5.88 Å². The number of carboxylic acids is 1. The maximum absolute atomic E-state index is 11.3. The van der Waals surface area contributed by atoms with E-state index in [-0.39, 0.29) is 17.2 Å². The summed E-state index contributed by atoms with van der Waals surface area (Å²) in [5.74, 6) is -0.0958. The van der Waals surface area contributed by atoms with Gasteiger partial charge in [0.1, 0.15) is 5.56 Å². The minimum Gasteiger partial charge on any atom is -0.493 e. The molecule has 110 valence electrons. The van der Waals surface area contributed by atoms with Crippen LogP contribution in [0, 0.1) is 0 Å². The highest BCUT2D eigenvalue weighted by molar-refractivity contribution is 5.92. The summed E-state index contributed by atoms with van der Waals surface area (Å²) in [5, 5.41) is 9.25. The SMILES string of the molecule is CCOc1cccnc1Oc1c(OC)cccc1C(=O)O. The molecule has 0 fully saturated rings. The summed E-state index contributed by atoms with van der Waals surface area (Å²) in [4.78, 5) is 15.4. The Morgan fingerprint density at radius 2 is 2.00 bits per heavy atom. The van der Waals surface area contributed by atoms with Crippen LogP contribution in [0.2, 0.25) is 0 Å². The van der Waals surface area contributed by atoms with Crippen molar-refractivity contribution in [2.45, 2.75) is 6.92 Å². The van der Waals surface area contributed by atoms with Crippen molar-refractivity contribution in [2.75, 3.05) is 13.7 Å². The van der Waals surface area contributed by atoms with Gasteiger partial charge in [-0.05, 0) is 31.2 Å². The molecular formula is C15H15NO5. The fourth-order valence-corrected chi connectivity index (χ4v) is 1.77. The van der Waals surface area contributed by atoms with Gasteiger partial charge in [-0.25, -0.2) is 9.78 Å². The fraction of sp³-hybridized carbons (Fsp3) is 0.200. The van der Waals surface area contributed by atoms with Gasteiger partial charge in [0, 0.05) is 6.20 Å². The van der Waals surface area contributed by atoms with Crippen LogP contribution in [0.15, 0.2) is 36.5 Å². The normalized spacial score (nSPS) is 10.0. The molecule has 0 bridgehead atoms. The Morgan fingerprint density at radius 3 is 2.67 bits per heavy atom. The van der Waals surface area contributed by atoms with Crippen molar-refractivity contribution >= 4 is 5.97 Å². The summed E-state index contributed by atoms with van der Waals surface area (Å²) in [7, 11) is 1.44. The zero-order valence-corrected chi connectivity index (χ0v) is 11.7. The van der Waals surface area contributed by atoms with Crippen LogP contribution in [0.4, 0.5) is 0 Å². The Balaban J connectivity index is 2.46. The molecule has 0 aliphatic carbocycles. The van der Waals surface area contributed by atoms with Crippen molar-refractivity contribution in [3.8, 4) is 23.1 Å². The standard InChI is InChI=1S/C15H15NO5/c1-3-20-12-8-5-9-16-14(12)21-13-10(15(17)18)6-4-7-11(13)19-2/h4-9H,3H2,1-2H3,(H,17,18). The van der Waals surface area contributed by atoms with Gasteiger partial charge in [-0.1, -0.05) is 6.07 Å². The van der Waals surface area contributed by atoms with E-state index >= 15 is 0 Å². The number of benzene rings is 1. The van der Waals surface area contributed by atoms with Gasteiger partial charge in [0.15, 0.2) is 17.2 Å². The van der Waals surface area contributed by atoms with Crippen molar-refractivity contribution < 1.29 is 24.1 Å². The first kappa shape index (κ1) is 14.6. The monoisotopic (exact) mass is 289 g/mol. The predicted octanol–water partition coefficient (Wildman–Crippen LogP) is 2.98. The van der Waals surface area contributed by atoms with E-state index in [1.165, 1.54) is 19.4 Å². The van der Waals surface area contributed by atoms with Crippen LogP contribution in [0.5, 0.6) is 23.1 Å². The lowest BCUT2D eigenvalue weighted by atomic mass is 10.2. The zero-order chi connectivity index (χ0) is 15.2. The van der Waals surface area contributed by atoms with Crippen LogP contribution in [-0.2, 0) is 0 Å². The number of nitrogens with zero attached hydrogens (tertiary/aromatic N) is 1. The Hall–Kier alpha value is -2.76. The van der Waals surface area contributed by atoms with Crippen molar-refractivity contribution in [2.24, 2.45) is 0 Å². The van der Waals surface area contributed by atoms with Crippen molar-refractivity contribution in [3.63, 3.8) is 0 Å². The molecule has 6 heteroatoms. The molecule has 0 saturated carbocycles. The number of hydrogen-bond acceptors (Lipinski definition) is 5. The maximum atomic E-state index is 11.3. The average molecular weight is 289 g/mol. The largest absolute Gasteiger partial charge is 0.493 e. The second-order valence-electron chi connectivity index (χ2n) is 3.98. The Labute approximate surface area is 121 Å². The molecule has 21 heavy (non-hydrogen) atoms. The zero-order valence-electron chi connectivity index (χ0n) is 11.7. The van der Waals surface area contributed by atoms with Crippen molar-refractivity contribution in [1.82, 2.24) is 4.98 Å². The molecule has 1 N–H and O–H groups in total. The molecule has 1 heterocycles. The fourth-order valence-electron chi connectivity index (χ4n) is 1.77. The number of aromatic nitrogens is 1. The molecular weight excluding hydrogens is 274 g/mol. The minimum absolute atomic E-state index is 0.0116. The second kappa shape index (κ2) is 6.60. The summed E-state index contributed by atoms with van der Waals surface area (Å²) in [5.41, 5.74) is -0.0116. The highest BCUT2D eigenvalue weighted by atomic mass is 16.5. The van der Waals surface area contributed by atoms with E-state index in [0.29, 0.717) is 18.1 Å². The van der Waals surface area contributed by atoms with Gasteiger partial charge >= 0.3 is 5.97 Å².